The van der Waals surface area contributed by atoms with Gasteiger partial charge in [-0.1, -0.05) is 170 Å². The summed E-state index contributed by atoms with van der Waals surface area (Å²) in [4.78, 5) is 3.87. The first-order chi connectivity index (χ1) is 27.9. The van der Waals surface area contributed by atoms with Crippen molar-refractivity contribution in [2.24, 2.45) is 4.99 Å². The minimum absolute atomic E-state index is 0. The molecule has 0 radical (unpaired) electrons. The quantitative estimate of drug-likeness (QED) is 0.0430. The molecule has 2 aromatic rings. The summed E-state index contributed by atoms with van der Waals surface area (Å²) >= 11 is 0. The molecule has 0 fully saturated rings. The molecule has 0 bridgehead atoms. The minimum Gasteiger partial charge on any atom is -0.654 e. The average Bonchev–Trinajstić information content (AvgIpc) is 3.15. The largest absolute Gasteiger partial charge is 1.00 e. The van der Waals surface area contributed by atoms with Crippen molar-refractivity contribution in [3.63, 3.8) is 0 Å². The summed E-state index contributed by atoms with van der Waals surface area (Å²) in [5.41, 5.74) is 1.43. The van der Waals surface area contributed by atoms with Crippen LogP contribution in [0.3, 0.4) is 0 Å². The average molecular weight is 922 g/mol. The maximum Gasteiger partial charge on any atom is 1.00 e. The molecule has 356 valence electrons. The van der Waals surface area contributed by atoms with Gasteiger partial charge in [0.05, 0.1) is 31.9 Å². The number of nitrogens with zero attached hydrogens (tertiary/aromatic N) is 4. The van der Waals surface area contributed by atoms with Crippen molar-refractivity contribution in [3.05, 3.63) is 80.9 Å². The summed E-state index contributed by atoms with van der Waals surface area (Å²) in [5, 5.41) is 17.4. The smallest absolute Gasteiger partial charge is 0.654 e. The molecule has 61 heavy (non-hydrogen) atoms. The Labute approximate surface area is 376 Å². The Bertz CT molecular complexity index is 1480. The van der Waals surface area contributed by atoms with E-state index in [1.807, 2.05) is 41.5 Å². The van der Waals surface area contributed by atoms with Gasteiger partial charge in [0.1, 0.15) is 5.71 Å². The Morgan fingerprint density at radius 3 is 1.21 bits per heavy atom. The summed E-state index contributed by atoms with van der Waals surface area (Å²) in [6.45, 7) is 33.5. The van der Waals surface area contributed by atoms with Gasteiger partial charge < -0.3 is 25.9 Å². The minimum atomic E-state index is -5.15. The number of halogens is 6. The monoisotopic (exact) mass is 921 g/mol. The number of allylic oxidation sites excluding steroid dienone is 2. The van der Waals surface area contributed by atoms with E-state index in [0.717, 1.165) is 5.56 Å². The molecule has 0 heterocycles. The number of unbranched alkanes of at least 4 members (excludes halogenated alkanes) is 4. The summed E-state index contributed by atoms with van der Waals surface area (Å²) < 4.78 is 87.6. The molecule has 0 aliphatic heterocycles. The molecule has 2 N–H and O–H groups in total. The molecule has 0 atom stereocenters. The predicted octanol–water partition coefficient (Wildman–Crippen LogP) is 17.2. The van der Waals surface area contributed by atoms with Gasteiger partial charge >= 0.3 is 29.4 Å². The fourth-order valence-electron chi connectivity index (χ4n) is 7.06. The molecular formula is C48H79CuF6N4O2. The van der Waals surface area contributed by atoms with Crippen LogP contribution in [0, 0.1) is 0 Å². The molecule has 0 saturated carbocycles. The van der Waals surface area contributed by atoms with Gasteiger partial charge in [0.15, 0.2) is 0 Å². The number of alkyl halides is 6. The van der Waals surface area contributed by atoms with Gasteiger partial charge in [-0.15, -0.1) is 5.69 Å². The summed E-state index contributed by atoms with van der Waals surface area (Å²) in [6, 6.07) is 8.65. The van der Waals surface area contributed by atoms with Crippen LogP contribution in [0.15, 0.2) is 47.1 Å². The zero-order valence-electron chi connectivity index (χ0n) is 39.6. The third-order valence-electron chi connectivity index (χ3n) is 10.7. The van der Waals surface area contributed by atoms with Gasteiger partial charge in [-0.2, -0.15) is 26.3 Å². The van der Waals surface area contributed by atoms with Crippen molar-refractivity contribution in [3.8, 4) is 0 Å². The molecular weight excluding hydrogens is 842 g/mol. The molecule has 2 rings (SSSR count). The Kier molecular flexibility index (Phi) is 29.7. The second kappa shape index (κ2) is 29.9. The Balaban J connectivity index is 0. The van der Waals surface area contributed by atoms with Crippen molar-refractivity contribution >= 4 is 17.1 Å². The van der Waals surface area contributed by atoms with Crippen LogP contribution < -0.4 is 0 Å². The normalized spacial score (nSPS) is 12.8. The predicted molar refractivity (Wildman–Crippen MR) is 240 cm³/mol. The van der Waals surface area contributed by atoms with Crippen LogP contribution in [0.2, 0.25) is 0 Å². The number of quaternary nitrogens is 1. The third-order valence-corrected chi connectivity index (χ3v) is 10.7. The zero-order valence-corrected chi connectivity index (χ0v) is 40.5. The number of aliphatic imine (C=N–C) groups is 1. The fourth-order valence-corrected chi connectivity index (χ4v) is 7.06. The number of hydrogen-bond donors (Lipinski definition) is 2. The van der Waals surface area contributed by atoms with Crippen LogP contribution in [0.4, 0.5) is 37.7 Å². The topological polar surface area (TPSA) is 81.0 Å². The zero-order chi connectivity index (χ0) is 46.4. The standard InChI is InChI=1S/C32H41F6N2.C16H36N.Cu.H2NO2/c1-17(2)22-14-25(20(7)8)30(26(15-22)21(9)10)40-28(32(36,37)38)16-27(31(33,34)35)39-29-23(18(3)4)12-11-13-24(29)19(5)6;1-5-9-13-17(14-10-6-2,15-11-7-3)16-12-8-4;;2-1-3/h11-21H,1-10H3;5-16H2,1-4H3;;2-3H/q-1;2*+1;-1/b28-16-,39-27?;;;. The van der Waals surface area contributed by atoms with Crippen molar-refractivity contribution in [2.75, 3.05) is 26.2 Å². The van der Waals surface area contributed by atoms with Gasteiger partial charge in [0, 0.05) is 0 Å². The van der Waals surface area contributed by atoms with E-state index in [1.165, 1.54) is 87.7 Å². The van der Waals surface area contributed by atoms with E-state index in [1.54, 1.807) is 58.0 Å². The van der Waals surface area contributed by atoms with Crippen molar-refractivity contribution < 1.29 is 58.3 Å². The molecule has 0 saturated heterocycles. The molecule has 2 aromatic carbocycles. The number of hydrogen-bond acceptors (Lipinski definition) is 3. The van der Waals surface area contributed by atoms with E-state index in [9.17, 15) is 26.3 Å². The van der Waals surface area contributed by atoms with E-state index in [-0.39, 0.29) is 64.1 Å². The molecule has 0 aromatic heterocycles. The molecule has 0 amide bonds. The van der Waals surface area contributed by atoms with Gasteiger partial charge in [-0.3, -0.25) is 0 Å². The van der Waals surface area contributed by atoms with E-state index in [0.29, 0.717) is 22.3 Å². The molecule has 6 nitrogen and oxygen atoms in total. The SMILES string of the molecule is CC(C)c1cc(C(C)C)c([N-]/C(=C\C(=Nc2c(C(C)C)cccc2C(C)C)C(F)(F)F)C(F)(F)F)c(C(C)C)c1.CCCC[N+](CCCC)(CCCC)CCCC.O[N-]O.[Cu+]. The van der Waals surface area contributed by atoms with E-state index >= 15 is 0 Å². The van der Waals surface area contributed by atoms with E-state index < -0.39 is 23.8 Å². The van der Waals surface area contributed by atoms with E-state index in [4.69, 9.17) is 10.4 Å². The number of rotatable bonds is 21. The van der Waals surface area contributed by atoms with Crippen LogP contribution >= 0.6 is 0 Å². The fraction of sp³-hybridized carbons (Fsp3) is 0.688. The first kappa shape index (κ1) is 60.7. The van der Waals surface area contributed by atoms with Crippen molar-refractivity contribution in [2.45, 2.75) is 190 Å². The molecule has 0 unspecified atom stereocenters. The van der Waals surface area contributed by atoms with Crippen molar-refractivity contribution in [1.82, 2.24) is 0 Å². The van der Waals surface area contributed by atoms with Crippen LogP contribution in [0.25, 0.3) is 11.0 Å². The maximum absolute atomic E-state index is 14.4. The summed E-state index contributed by atoms with van der Waals surface area (Å²) in [7, 11) is 0. The molecule has 13 heteroatoms. The van der Waals surface area contributed by atoms with Crippen LogP contribution in [0.5, 0.6) is 0 Å². The Hall–Kier alpha value is -2.41. The van der Waals surface area contributed by atoms with Gasteiger partial charge in [-0.05, 0) is 78.0 Å². The summed E-state index contributed by atoms with van der Waals surface area (Å²) in [6.07, 6.45) is 0.815. The molecule has 0 spiro atoms. The van der Waals surface area contributed by atoms with Gasteiger partial charge in [0.2, 0.25) is 0 Å². The first-order valence-electron chi connectivity index (χ1n) is 22.2. The molecule has 0 aliphatic rings. The van der Waals surface area contributed by atoms with Crippen LogP contribution in [0.1, 0.15) is 206 Å². The van der Waals surface area contributed by atoms with Gasteiger partial charge in [-0.25, -0.2) is 4.99 Å². The second-order valence-corrected chi connectivity index (χ2v) is 17.5. The third kappa shape index (κ3) is 21.2. The first-order valence-corrected chi connectivity index (χ1v) is 22.2. The molecule has 0 aliphatic carbocycles. The number of benzene rings is 2. The van der Waals surface area contributed by atoms with Gasteiger partial charge in [0.25, 0.3) is 0 Å². The summed E-state index contributed by atoms with van der Waals surface area (Å²) in [5.74, 6) is -0.672. The van der Waals surface area contributed by atoms with Crippen LogP contribution in [-0.2, 0) is 17.1 Å². The van der Waals surface area contributed by atoms with E-state index in [2.05, 4.69) is 38.0 Å². The van der Waals surface area contributed by atoms with Crippen LogP contribution in [-0.4, -0.2) is 59.1 Å². The maximum atomic E-state index is 14.4. The second-order valence-electron chi connectivity index (χ2n) is 17.5. The Morgan fingerprint density at radius 1 is 0.607 bits per heavy atom. The van der Waals surface area contributed by atoms with Crippen molar-refractivity contribution in [1.29, 1.82) is 0 Å². The Morgan fingerprint density at radius 2 is 0.951 bits per heavy atom. The number of para-hydroxylation sites is 1.